The first-order chi connectivity index (χ1) is 12.1. The second-order valence-corrected chi connectivity index (χ2v) is 6.98. The SMILES string of the molecule is Cc1nnc2n1CCN(C(=O)c1ccnc(N3CCCC[C@H]3C)c1)C2. The molecule has 1 saturated heterocycles. The number of anilines is 1. The highest BCUT2D eigenvalue weighted by Gasteiger charge is 2.26. The molecule has 0 spiro atoms. The molecule has 1 atom stereocenters. The first-order valence-corrected chi connectivity index (χ1v) is 9.04. The van der Waals surface area contributed by atoms with Crippen molar-refractivity contribution in [3.05, 3.63) is 35.5 Å². The molecule has 0 unspecified atom stereocenters. The summed E-state index contributed by atoms with van der Waals surface area (Å²) in [5, 5.41) is 8.29. The molecule has 1 amide bonds. The molecule has 7 heteroatoms. The van der Waals surface area contributed by atoms with E-state index in [0.717, 1.165) is 30.6 Å². The molecule has 132 valence electrons. The zero-order valence-electron chi connectivity index (χ0n) is 14.9. The van der Waals surface area contributed by atoms with E-state index >= 15 is 0 Å². The largest absolute Gasteiger partial charge is 0.354 e. The van der Waals surface area contributed by atoms with Crippen molar-refractivity contribution >= 4 is 11.7 Å². The van der Waals surface area contributed by atoms with Crippen LogP contribution in [-0.2, 0) is 13.1 Å². The van der Waals surface area contributed by atoms with Crippen LogP contribution in [0.25, 0.3) is 0 Å². The Kier molecular flexibility index (Phi) is 4.15. The zero-order valence-corrected chi connectivity index (χ0v) is 14.9. The summed E-state index contributed by atoms with van der Waals surface area (Å²) in [7, 11) is 0. The van der Waals surface area contributed by atoms with Gasteiger partial charge in [-0.2, -0.15) is 0 Å². The second kappa shape index (κ2) is 6.46. The normalized spacial score (nSPS) is 20.5. The van der Waals surface area contributed by atoms with Crippen LogP contribution in [0.5, 0.6) is 0 Å². The number of hydrogen-bond acceptors (Lipinski definition) is 5. The summed E-state index contributed by atoms with van der Waals surface area (Å²) in [6.07, 6.45) is 5.39. The van der Waals surface area contributed by atoms with E-state index in [1.165, 1.54) is 19.3 Å². The van der Waals surface area contributed by atoms with Gasteiger partial charge in [0.05, 0.1) is 6.54 Å². The van der Waals surface area contributed by atoms with Crippen molar-refractivity contribution in [2.45, 2.75) is 52.2 Å². The fourth-order valence-corrected chi connectivity index (χ4v) is 3.81. The van der Waals surface area contributed by atoms with Crippen LogP contribution in [0.4, 0.5) is 5.82 Å². The fourth-order valence-electron chi connectivity index (χ4n) is 3.81. The average Bonchev–Trinajstić information content (AvgIpc) is 3.02. The Morgan fingerprint density at radius 1 is 1.20 bits per heavy atom. The van der Waals surface area contributed by atoms with Gasteiger partial charge < -0.3 is 14.4 Å². The molecular formula is C18H24N6O. The third kappa shape index (κ3) is 2.99. The number of fused-ring (bicyclic) bond motifs is 1. The second-order valence-electron chi connectivity index (χ2n) is 6.98. The Balaban J connectivity index is 1.54. The predicted octanol–water partition coefficient (Wildman–Crippen LogP) is 2.02. The monoisotopic (exact) mass is 340 g/mol. The smallest absolute Gasteiger partial charge is 0.254 e. The Bertz CT molecular complexity index is 786. The van der Waals surface area contributed by atoms with E-state index in [-0.39, 0.29) is 5.91 Å². The molecule has 25 heavy (non-hydrogen) atoms. The molecule has 2 aromatic heterocycles. The summed E-state index contributed by atoms with van der Waals surface area (Å²) in [6, 6.07) is 4.22. The fraction of sp³-hybridized carbons (Fsp3) is 0.556. The van der Waals surface area contributed by atoms with E-state index in [1.54, 1.807) is 6.20 Å². The summed E-state index contributed by atoms with van der Waals surface area (Å²) in [6.45, 7) is 7.14. The van der Waals surface area contributed by atoms with Gasteiger partial charge in [0.2, 0.25) is 0 Å². The maximum atomic E-state index is 13.0. The number of aromatic nitrogens is 4. The van der Waals surface area contributed by atoms with Crippen LogP contribution in [0.1, 0.15) is 48.2 Å². The van der Waals surface area contributed by atoms with Gasteiger partial charge in [-0.05, 0) is 45.2 Å². The van der Waals surface area contributed by atoms with Gasteiger partial charge >= 0.3 is 0 Å². The number of aryl methyl sites for hydroxylation is 1. The van der Waals surface area contributed by atoms with Gasteiger partial charge in [0.25, 0.3) is 5.91 Å². The van der Waals surface area contributed by atoms with Crippen molar-refractivity contribution in [2.75, 3.05) is 18.0 Å². The highest BCUT2D eigenvalue weighted by molar-refractivity contribution is 5.94. The van der Waals surface area contributed by atoms with Crippen molar-refractivity contribution < 1.29 is 4.79 Å². The molecular weight excluding hydrogens is 316 g/mol. The summed E-state index contributed by atoms with van der Waals surface area (Å²) < 4.78 is 2.08. The van der Waals surface area contributed by atoms with Crippen LogP contribution in [0.2, 0.25) is 0 Å². The maximum absolute atomic E-state index is 13.0. The van der Waals surface area contributed by atoms with Crippen LogP contribution in [0, 0.1) is 6.92 Å². The highest BCUT2D eigenvalue weighted by atomic mass is 16.2. The van der Waals surface area contributed by atoms with Crippen molar-refractivity contribution in [2.24, 2.45) is 0 Å². The molecule has 0 bridgehead atoms. The van der Waals surface area contributed by atoms with Crippen molar-refractivity contribution in [3.8, 4) is 0 Å². The molecule has 2 aliphatic rings. The van der Waals surface area contributed by atoms with Crippen molar-refractivity contribution in [3.63, 3.8) is 0 Å². The lowest BCUT2D eigenvalue weighted by Crippen LogP contribution is -2.39. The molecule has 1 fully saturated rings. The zero-order chi connectivity index (χ0) is 17.4. The maximum Gasteiger partial charge on any atom is 0.254 e. The lowest BCUT2D eigenvalue weighted by Gasteiger charge is -2.34. The predicted molar refractivity (Wildman–Crippen MR) is 94.4 cm³/mol. The van der Waals surface area contributed by atoms with Gasteiger partial charge in [0, 0.05) is 37.4 Å². The van der Waals surface area contributed by atoms with Crippen LogP contribution in [0.3, 0.4) is 0 Å². The molecule has 7 nitrogen and oxygen atoms in total. The minimum absolute atomic E-state index is 0.0419. The summed E-state index contributed by atoms with van der Waals surface area (Å²) in [4.78, 5) is 21.6. The van der Waals surface area contributed by atoms with Gasteiger partial charge in [0.1, 0.15) is 11.6 Å². The van der Waals surface area contributed by atoms with Gasteiger partial charge in [0.15, 0.2) is 5.82 Å². The highest BCUT2D eigenvalue weighted by Crippen LogP contribution is 2.24. The molecule has 4 rings (SSSR count). The topological polar surface area (TPSA) is 67.2 Å². The average molecular weight is 340 g/mol. The first kappa shape index (κ1) is 16.1. The Labute approximate surface area is 147 Å². The molecule has 0 aliphatic carbocycles. The van der Waals surface area contributed by atoms with Crippen LogP contribution >= 0.6 is 0 Å². The number of pyridine rings is 1. The third-order valence-electron chi connectivity index (χ3n) is 5.32. The summed E-state index contributed by atoms with van der Waals surface area (Å²) in [5.74, 6) is 2.72. The van der Waals surface area contributed by atoms with Crippen LogP contribution < -0.4 is 4.90 Å². The number of rotatable bonds is 2. The van der Waals surface area contributed by atoms with Gasteiger partial charge in [-0.25, -0.2) is 4.98 Å². The van der Waals surface area contributed by atoms with Crippen LogP contribution in [-0.4, -0.2) is 49.7 Å². The van der Waals surface area contributed by atoms with E-state index in [9.17, 15) is 4.79 Å². The molecule has 2 aliphatic heterocycles. The van der Waals surface area contributed by atoms with Gasteiger partial charge in [-0.15, -0.1) is 10.2 Å². The van der Waals surface area contributed by atoms with Gasteiger partial charge in [-0.3, -0.25) is 4.79 Å². The van der Waals surface area contributed by atoms with Crippen LogP contribution in [0.15, 0.2) is 18.3 Å². The molecule has 0 aromatic carbocycles. The lowest BCUT2D eigenvalue weighted by molar-refractivity contribution is 0.0706. The van der Waals surface area contributed by atoms with Crippen molar-refractivity contribution in [1.29, 1.82) is 0 Å². The first-order valence-electron chi connectivity index (χ1n) is 9.04. The van der Waals surface area contributed by atoms with E-state index < -0.39 is 0 Å². The number of carbonyl (C=O) groups is 1. The van der Waals surface area contributed by atoms with E-state index in [4.69, 9.17) is 0 Å². The molecule has 0 radical (unpaired) electrons. The molecule has 0 saturated carbocycles. The van der Waals surface area contributed by atoms with E-state index in [1.807, 2.05) is 24.0 Å². The number of nitrogens with zero attached hydrogens (tertiary/aromatic N) is 6. The minimum atomic E-state index is 0.0419. The Hall–Kier alpha value is -2.44. The van der Waals surface area contributed by atoms with E-state index in [2.05, 4.69) is 31.6 Å². The summed E-state index contributed by atoms with van der Waals surface area (Å²) >= 11 is 0. The minimum Gasteiger partial charge on any atom is -0.354 e. The summed E-state index contributed by atoms with van der Waals surface area (Å²) in [5.41, 5.74) is 0.701. The lowest BCUT2D eigenvalue weighted by atomic mass is 10.0. The third-order valence-corrected chi connectivity index (χ3v) is 5.32. The number of carbonyl (C=O) groups excluding carboxylic acids is 1. The number of hydrogen-bond donors (Lipinski definition) is 0. The quantitative estimate of drug-likeness (QED) is 0.837. The van der Waals surface area contributed by atoms with E-state index in [0.29, 0.717) is 24.7 Å². The number of piperidine rings is 1. The van der Waals surface area contributed by atoms with Crippen molar-refractivity contribution in [1.82, 2.24) is 24.6 Å². The van der Waals surface area contributed by atoms with Gasteiger partial charge in [-0.1, -0.05) is 0 Å². The number of amides is 1. The Morgan fingerprint density at radius 3 is 2.92 bits per heavy atom. The molecule has 2 aromatic rings. The molecule has 4 heterocycles. The molecule has 0 N–H and O–H groups in total. The standard InChI is InChI=1S/C18H24N6O/c1-13-5-3-4-8-23(13)16-11-15(6-7-19-16)18(25)22-9-10-24-14(2)20-21-17(24)12-22/h6-7,11,13H,3-5,8-10,12H2,1-2H3/t13-/m1/s1. The Morgan fingerprint density at radius 2 is 2.08 bits per heavy atom.